The second-order valence-corrected chi connectivity index (χ2v) is 5.73. The number of nitrogens with zero attached hydrogens (tertiary/aromatic N) is 2. The summed E-state index contributed by atoms with van der Waals surface area (Å²) in [6.45, 7) is 0.636. The van der Waals surface area contributed by atoms with Crippen LogP contribution in [-0.4, -0.2) is 26.9 Å². The van der Waals surface area contributed by atoms with E-state index >= 15 is 0 Å². The molecule has 0 bridgehead atoms. The topological polar surface area (TPSA) is 50.8 Å². The zero-order valence-corrected chi connectivity index (χ0v) is 13.5. The number of fused-ring (bicyclic) bond motifs is 1. The van der Waals surface area contributed by atoms with Crippen molar-refractivity contribution in [3.8, 4) is 17.0 Å². The Bertz CT molecular complexity index is 760. The molecule has 21 heavy (non-hydrogen) atoms. The van der Waals surface area contributed by atoms with Crippen molar-refractivity contribution < 1.29 is 4.74 Å². The molecule has 3 rings (SSSR count). The van der Waals surface area contributed by atoms with Crippen molar-refractivity contribution in [3.05, 3.63) is 41.8 Å². The molecule has 0 aliphatic rings. The summed E-state index contributed by atoms with van der Waals surface area (Å²) in [7, 11) is 0. The van der Waals surface area contributed by atoms with Crippen LogP contribution in [0.15, 0.2) is 36.8 Å². The van der Waals surface area contributed by atoms with Crippen molar-refractivity contribution in [1.82, 2.24) is 15.0 Å². The molecule has 108 valence electrons. The third-order valence-corrected chi connectivity index (χ3v) is 3.85. The molecule has 6 heteroatoms. The standard InChI is InChI=1S/C15H13BrClN3O/c16-5-2-6-21-12-8-18-13(15-14(12)19-9-20-15)10-3-1-4-11(17)7-10/h1,3-4,7-9H,2,5-6H2,(H,19,20). The van der Waals surface area contributed by atoms with Gasteiger partial charge in [0.05, 0.1) is 24.8 Å². The zero-order chi connectivity index (χ0) is 14.7. The molecule has 0 saturated carbocycles. The van der Waals surface area contributed by atoms with Crippen LogP contribution >= 0.6 is 27.5 Å². The number of rotatable bonds is 5. The van der Waals surface area contributed by atoms with Gasteiger partial charge < -0.3 is 9.72 Å². The van der Waals surface area contributed by atoms with Crippen molar-refractivity contribution in [2.24, 2.45) is 0 Å². The van der Waals surface area contributed by atoms with Crippen LogP contribution in [0.1, 0.15) is 6.42 Å². The highest BCUT2D eigenvalue weighted by Crippen LogP contribution is 2.31. The summed E-state index contributed by atoms with van der Waals surface area (Å²) in [5.41, 5.74) is 3.37. The Morgan fingerprint density at radius 2 is 2.19 bits per heavy atom. The van der Waals surface area contributed by atoms with Crippen LogP contribution in [0.4, 0.5) is 0 Å². The average Bonchev–Trinajstić information content (AvgIpc) is 2.97. The van der Waals surface area contributed by atoms with Crippen molar-refractivity contribution in [3.63, 3.8) is 0 Å². The summed E-state index contributed by atoms with van der Waals surface area (Å²) in [6, 6.07) is 7.58. The average molecular weight is 367 g/mol. The van der Waals surface area contributed by atoms with Gasteiger partial charge in [-0.05, 0) is 18.6 Å². The summed E-state index contributed by atoms with van der Waals surface area (Å²) >= 11 is 9.44. The van der Waals surface area contributed by atoms with Gasteiger partial charge in [0, 0.05) is 15.9 Å². The highest BCUT2D eigenvalue weighted by molar-refractivity contribution is 9.09. The van der Waals surface area contributed by atoms with Crippen molar-refractivity contribution in [2.45, 2.75) is 6.42 Å². The summed E-state index contributed by atoms with van der Waals surface area (Å²) in [5, 5.41) is 1.59. The molecule has 0 radical (unpaired) electrons. The normalized spacial score (nSPS) is 11.0. The van der Waals surface area contributed by atoms with Crippen molar-refractivity contribution in [1.29, 1.82) is 0 Å². The minimum absolute atomic E-state index is 0.636. The lowest BCUT2D eigenvalue weighted by Crippen LogP contribution is -1.99. The van der Waals surface area contributed by atoms with E-state index in [0.29, 0.717) is 17.4 Å². The molecule has 0 spiro atoms. The van der Waals surface area contributed by atoms with Gasteiger partial charge in [-0.15, -0.1) is 0 Å². The molecule has 0 unspecified atom stereocenters. The summed E-state index contributed by atoms with van der Waals surface area (Å²) < 4.78 is 5.74. The Kier molecular flexibility index (Phi) is 4.41. The maximum Gasteiger partial charge on any atom is 0.163 e. The van der Waals surface area contributed by atoms with Gasteiger partial charge in [0.25, 0.3) is 0 Å². The molecule has 0 amide bonds. The number of hydrogen-bond donors (Lipinski definition) is 1. The molecule has 0 aliphatic heterocycles. The van der Waals surface area contributed by atoms with E-state index in [1.165, 1.54) is 0 Å². The van der Waals surface area contributed by atoms with E-state index in [9.17, 15) is 0 Å². The number of nitrogens with one attached hydrogen (secondary N) is 1. The lowest BCUT2D eigenvalue weighted by Gasteiger charge is -2.08. The van der Waals surface area contributed by atoms with E-state index in [2.05, 4.69) is 30.9 Å². The van der Waals surface area contributed by atoms with E-state index in [1.807, 2.05) is 24.3 Å². The van der Waals surface area contributed by atoms with Crippen LogP contribution in [0, 0.1) is 0 Å². The SMILES string of the molecule is Clc1cccc(-c2ncc(OCCCBr)c3[nH]cnc23)c1. The fourth-order valence-corrected chi connectivity index (χ4v) is 2.52. The first kappa shape index (κ1) is 14.4. The largest absolute Gasteiger partial charge is 0.490 e. The predicted molar refractivity (Wildman–Crippen MR) is 88.2 cm³/mol. The Hall–Kier alpha value is -1.59. The number of pyridine rings is 1. The van der Waals surface area contributed by atoms with Gasteiger partial charge in [0.15, 0.2) is 5.75 Å². The first-order valence-corrected chi connectivity index (χ1v) is 8.06. The first-order valence-electron chi connectivity index (χ1n) is 6.56. The van der Waals surface area contributed by atoms with Crippen LogP contribution in [0.5, 0.6) is 5.75 Å². The molecule has 3 aromatic rings. The van der Waals surface area contributed by atoms with E-state index in [1.54, 1.807) is 12.5 Å². The fraction of sp³-hybridized carbons (Fsp3) is 0.200. The molecule has 2 aromatic heterocycles. The first-order chi connectivity index (χ1) is 10.3. The van der Waals surface area contributed by atoms with E-state index in [-0.39, 0.29) is 0 Å². The lowest BCUT2D eigenvalue weighted by molar-refractivity contribution is 0.321. The summed E-state index contributed by atoms with van der Waals surface area (Å²) in [4.78, 5) is 12.0. The second kappa shape index (κ2) is 6.45. The number of ether oxygens (including phenoxy) is 1. The molecular formula is C15H13BrClN3O. The fourth-order valence-electron chi connectivity index (χ4n) is 2.10. The van der Waals surface area contributed by atoms with Gasteiger partial charge in [-0.25, -0.2) is 9.97 Å². The molecule has 1 aromatic carbocycles. The molecule has 0 fully saturated rings. The molecule has 0 aliphatic carbocycles. The number of hydrogen-bond acceptors (Lipinski definition) is 3. The number of aromatic nitrogens is 3. The monoisotopic (exact) mass is 365 g/mol. The van der Waals surface area contributed by atoms with Gasteiger partial charge in [0.2, 0.25) is 0 Å². The number of benzene rings is 1. The van der Waals surface area contributed by atoms with Crippen molar-refractivity contribution in [2.75, 3.05) is 11.9 Å². The van der Waals surface area contributed by atoms with Crippen LogP contribution in [0.25, 0.3) is 22.3 Å². The maximum atomic E-state index is 6.05. The Balaban J connectivity index is 2.02. The van der Waals surface area contributed by atoms with Crippen LogP contribution in [0.3, 0.4) is 0 Å². The quantitative estimate of drug-likeness (QED) is 0.536. The van der Waals surface area contributed by atoms with Gasteiger partial charge in [-0.3, -0.25) is 0 Å². The van der Waals surface area contributed by atoms with Crippen molar-refractivity contribution >= 4 is 38.6 Å². The molecule has 2 heterocycles. The Morgan fingerprint density at radius 1 is 1.29 bits per heavy atom. The molecule has 1 N–H and O–H groups in total. The molecular weight excluding hydrogens is 354 g/mol. The second-order valence-electron chi connectivity index (χ2n) is 4.50. The van der Waals surface area contributed by atoms with Gasteiger partial charge in [-0.1, -0.05) is 39.7 Å². The smallest absolute Gasteiger partial charge is 0.163 e. The third-order valence-electron chi connectivity index (χ3n) is 3.05. The van der Waals surface area contributed by atoms with Crippen LogP contribution in [0.2, 0.25) is 5.02 Å². The van der Waals surface area contributed by atoms with Crippen LogP contribution in [-0.2, 0) is 0 Å². The highest BCUT2D eigenvalue weighted by Gasteiger charge is 2.13. The number of halogens is 2. The summed E-state index contributed by atoms with van der Waals surface area (Å²) in [5.74, 6) is 0.717. The molecule has 0 atom stereocenters. The number of imidazole rings is 1. The number of alkyl halides is 1. The minimum atomic E-state index is 0.636. The zero-order valence-electron chi connectivity index (χ0n) is 11.1. The Labute approximate surface area is 135 Å². The lowest BCUT2D eigenvalue weighted by atomic mass is 10.1. The van der Waals surface area contributed by atoms with Gasteiger partial charge in [-0.2, -0.15) is 0 Å². The predicted octanol–water partition coefficient (Wildman–Crippen LogP) is 4.44. The van der Waals surface area contributed by atoms with E-state index in [4.69, 9.17) is 16.3 Å². The summed E-state index contributed by atoms with van der Waals surface area (Å²) in [6.07, 6.45) is 4.31. The van der Waals surface area contributed by atoms with Crippen LogP contribution < -0.4 is 4.74 Å². The number of H-pyrrole nitrogens is 1. The van der Waals surface area contributed by atoms with E-state index < -0.39 is 0 Å². The Morgan fingerprint density at radius 3 is 3.00 bits per heavy atom. The van der Waals surface area contributed by atoms with E-state index in [0.717, 1.165) is 34.0 Å². The van der Waals surface area contributed by atoms with Gasteiger partial charge >= 0.3 is 0 Å². The third kappa shape index (κ3) is 3.04. The number of aromatic amines is 1. The maximum absolute atomic E-state index is 6.05. The minimum Gasteiger partial charge on any atom is -0.490 e. The molecule has 4 nitrogen and oxygen atoms in total. The molecule has 0 saturated heterocycles. The highest BCUT2D eigenvalue weighted by atomic mass is 79.9. The van der Waals surface area contributed by atoms with Gasteiger partial charge in [0.1, 0.15) is 11.0 Å².